The first-order valence-corrected chi connectivity index (χ1v) is 4.97. The summed E-state index contributed by atoms with van der Waals surface area (Å²) in [5.41, 5.74) is 0.791. The molecule has 0 bridgehead atoms. The van der Waals surface area contributed by atoms with Crippen LogP contribution in [0.5, 0.6) is 5.75 Å². The average molecular weight is 216 g/mol. The number of ether oxygens (including phenoxy) is 1. The van der Waals surface area contributed by atoms with Crippen molar-refractivity contribution < 1.29 is 9.84 Å². The van der Waals surface area contributed by atoms with Crippen molar-refractivity contribution in [2.75, 3.05) is 6.61 Å². The highest BCUT2D eigenvalue weighted by Crippen LogP contribution is 2.14. The first-order valence-electron chi connectivity index (χ1n) is 4.97. The van der Waals surface area contributed by atoms with Gasteiger partial charge in [0, 0.05) is 18.6 Å². The minimum Gasteiger partial charge on any atom is -0.489 e. The van der Waals surface area contributed by atoms with Gasteiger partial charge in [0.2, 0.25) is 0 Å². The zero-order valence-electron chi connectivity index (χ0n) is 8.65. The van der Waals surface area contributed by atoms with E-state index in [1.54, 1.807) is 49.1 Å². The number of rotatable bonds is 4. The van der Waals surface area contributed by atoms with E-state index in [1.165, 1.54) is 0 Å². The lowest BCUT2D eigenvalue weighted by Gasteiger charge is -2.11. The molecular weight excluding hydrogens is 204 g/mol. The van der Waals surface area contributed by atoms with E-state index in [4.69, 9.17) is 4.74 Å². The molecule has 0 aliphatic heterocycles. The van der Waals surface area contributed by atoms with E-state index < -0.39 is 6.10 Å². The number of aromatic nitrogens is 2. The van der Waals surface area contributed by atoms with E-state index in [2.05, 4.69) is 9.97 Å². The van der Waals surface area contributed by atoms with Gasteiger partial charge in [-0.25, -0.2) is 0 Å². The second kappa shape index (κ2) is 5.23. The summed E-state index contributed by atoms with van der Waals surface area (Å²) < 4.78 is 5.39. The van der Waals surface area contributed by atoms with E-state index in [0.29, 0.717) is 5.75 Å². The van der Waals surface area contributed by atoms with Gasteiger partial charge in [-0.05, 0) is 29.8 Å². The van der Waals surface area contributed by atoms with Crippen LogP contribution in [-0.2, 0) is 0 Å². The Bertz CT molecular complexity index is 420. The minimum atomic E-state index is -0.650. The molecule has 1 unspecified atom stereocenters. The summed E-state index contributed by atoms with van der Waals surface area (Å²) in [6.07, 6.45) is 5.92. The molecule has 16 heavy (non-hydrogen) atoms. The highest BCUT2D eigenvalue weighted by Gasteiger charge is 2.07. The summed E-state index contributed by atoms with van der Waals surface area (Å²) in [5.74, 6) is 0.649. The van der Waals surface area contributed by atoms with Crippen molar-refractivity contribution in [3.05, 3.63) is 54.6 Å². The second-order valence-corrected chi connectivity index (χ2v) is 3.30. The Kier molecular flexibility index (Phi) is 3.46. The van der Waals surface area contributed by atoms with Crippen LogP contribution in [0, 0.1) is 0 Å². The van der Waals surface area contributed by atoms with Crippen LogP contribution in [-0.4, -0.2) is 21.7 Å². The molecule has 1 atom stereocenters. The van der Waals surface area contributed by atoms with Crippen molar-refractivity contribution >= 4 is 0 Å². The molecule has 0 saturated heterocycles. The van der Waals surface area contributed by atoms with Crippen molar-refractivity contribution in [3.8, 4) is 5.75 Å². The predicted molar refractivity (Wildman–Crippen MR) is 58.9 cm³/mol. The largest absolute Gasteiger partial charge is 0.489 e. The zero-order valence-corrected chi connectivity index (χ0v) is 8.65. The highest BCUT2D eigenvalue weighted by atomic mass is 16.5. The van der Waals surface area contributed by atoms with Crippen LogP contribution in [0.1, 0.15) is 11.7 Å². The van der Waals surface area contributed by atoms with Gasteiger partial charge in [-0.2, -0.15) is 0 Å². The maximum Gasteiger partial charge on any atom is 0.137 e. The summed E-state index contributed by atoms with van der Waals surface area (Å²) >= 11 is 0. The Balaban J connectivity index is 1.92. The molecule has 0 fully saturated rings. The molecule has 4 nitrogen and oxygen atoms in total. The molecule has 0 amide bonds. The third-order valence-electron chi connectivity index (χ3n) is 2.13. The Morgan fingerprint density at radius 3 is 2.62 bits per heavy atom. The van der Waals surface area contributed by atoms with Crippen LogP contribution in [0.15, 0.2) is 49.1 Å². The molecule has 0 aliphatic carbocycles. The molecule has 0 spiro atoms. The molecule has 0 aromatic carbocycles. The standard InChI is InChI=1S/C12H12N2O2/c15-12(10-3-6-13-7-4-10)9-16-11-2-1-5-14-8-11/h1-8,12,15H,9H2. The molecule has 1 N–H and O–H groups in total. The van der Waals surface area contributed by atoms with Gasteiger partial charge >= 0.3 is 0 Å². The fourth-order valence-electron chi connectivity index (χ4n) is 1.29. The number of nitrogens with zero attached hydrogens (tertiary/aromatic N) is 2. The van der Waals surface area contributed by atoms with Crippen molar-refractivity contribution in [2.45, 2.75) is 6.10 Å². The number of hydrogen-bond donors (Lipinski definition) is 1. The molecule has 0 saturated carbocycles. The van der Waals surface area contributed by atoms with Gasteiger partial charge in [0.25, 0.3) is 0 Å². The van der Waals surface area contributed by atoms with Crippen LogP contribution in [0.4, 0.5) is 0 Å². The summed E-state index contributed by atoms with van der Waals surface area (Å²) in [6, 6.07) is 7.11. The fraction of sp³-hybridized carbons (Fsp3) is 0.167. The molecule has 2 aromatic rings. The van der Waals surface area contributed by atoms with Crippen molar-refractivity contribution in [2.24, 2.45) is 0 Å². The maximum absolute atomic E-state index is 9.81. The highest BCUT2D eigenvalue weighted by molar-refractivity contribution is 5.17. The molecule has 4 heteroatoms. The quantitative estimate of drug-likeness (QED) is 0.843. The predicted octanol–water partition coefficient (Wildman–Crippen LogP) is 1.59. The lowest BCUT2D eigenvalue weighted by atomic mass is 10.2. The van der Waals surface area contributed by atoms with E-state index in [0.717, 1.165) is 5.56 Å². The van der Waals surface area contributed by atoms with Crippen LogP contribution >= 0.6 is 0 Å². The fourth-order valence-corrected chi connectivity index (χ4v) is 1.29. The molecule has 82 valence electrons. The monoisotopic (exact) mass is 216 g/mol. The second-order valence-electron chi connectivity index (χ2n) is 3.30. The van der Waals surface area contributed by atoms with Gasteiger partial charge in [0.05, 0.1) is 6.20 Å². The van der Waals surface area contributed by atoms with Gasteiger partial charge in [0.15, 0.2) is 0 Å². The summed E-state index contributed by atoms with van der Waals surface area (Å²) in [6.45, 7) is 0.204. The first kappa shape index (κ1) is 10.6. The Hall–Kier alpha value is -1.94. The lowest BCUT2D eigenvalue weighted by molar-refractivity contribution is 0.108. The number of pyridine rings is 2. The van der Waals surface area contributed by atoms with Gasteiger partial charge < -0.3 is 9.84 Å². The maximum atomic E-state index is 9.81. The lowest BCUT2D eigenvalue weighted by Crippen LogP contribution is -2.09. The summed E-state index contributed by atoms with van der Waals surface area (Å²) in [5, 5.41) is 9.81. The molecule has 2 rings (SSSR count). The molecular formula is C12H12N2O2. The minimum absolute atomic E-state index is 0.204. The third-order valence-corrected chi connectivity index (χ3v) is 2.13. The number of aliphatic hydroxyl groups is 1. The summed E-state index contributed by atoms with van der Waals surface area (Å²) in [4.78, 5) is 7.80. The van der Waals surface area contributed by atoms with Gasteiger partial charge in [0.1, 0.15) is 18.5 Å². The zero-order chi connectivity index (χ0) is 11.2. The van der Waals surface area contributed by atoms with E-state index in [1.807, 2.05) is 0 Å². The normalized spacial score (nSPS) is 12.1. The van der Waals surface area contributed by atoms with Gasteiger partial charge in [-0.3, -0.25) is 9.97 Å². The Morgan fingerprint density at radius 1 is 1.12 bits per heavy atom. The number of aliphatic hydroxyl groups excluding tert-OH is 1. The van der Waals surface area contributed by atoms with Crippen LogP contribution in [0.25, 0.3) is 0 Å². The molecule has 0 aliphatic rings. The molecule has 2 aromatic heterocycles. The van der Waals surface area contributed by atoms with Crippen LogP contribution in [0.3, 0.4) is 0 Å². The van der Waals surface area contributed by atoms with Crippen LogP contribution < -0.4 is 4.74 Å². The topological polar surface area (TPSA) is 55.2 Å². The van der Waals surface area contributed by atoms with Crippen LogP contribution in [0.2, 0.25) is 0 Å². The smallest absolute Gasteiger partial charge is 0.137 e. The van der Waals surface area contributed by atoms with Crippen molar-refractivity contribution in [1.29, 1.82) is 0 Å². The van der Waals surface area contributed by atoms with E-state index >= 15 is 0 Å². The first-order chi connectivity index (χ1) is 7.86. The van der Waals surface area contributed by atoms with E-state index in [-0.39, 0.29) is 6.61 Å². The van der Waals surface area contributed by atoms with Gasteiger partial charge in [-0.1, -0.05) is 0 Å². The Morgan fingerprint density at radius 2 is 1.94 bits per heavy atom. The Labute approximate surface area is 93.6 Å². The molecule has 0 radical (unpaired) electrons. The average Bonchev–Trinajstić information content (AvgIpc) is 2.38. The molecule has 2 heterocycles. The number of hydrogen-bond acceptors (Lipinski definition) is 4. The van der Waals surface area contributed by atoms with Crippen molar-refractivity contribution in [3.63, 3.8) is 0 Å². The van der Waals surface area contributed by atoms with Gasteiger partial charge in [-0.15, -0.1) is 0 Å². The van der Waals surface area contributed by atoms with E-state index in [9.17, 15) is 5.11 Å². The summed E-state index contributed by atoms with van der Waals surface area (Å²) in [7, 11) is 0. The van der Waals surface area contributed by atoms with Crippen molar-refractivity contribution in [1.82, 2.24) is 9.97 Å². The SMILES string of the molecule is OC(COc1cccnc1)c1ccncc1. The third kappa shape index (κ3) is 2.77.